The van der Waals surface area contributed by atoms with Crippen molar-refractivity contribution >= 4 is 47.2 Å². The van der Waals surface area contributed by atoms with Crippen LogP contribution in [-0.4, -0.2) is 93.1 Å². The molecule has 2 atom stereocenters. The number of anilines is 1. The number of hydrogen-bond donors (Lipinski definition) is 4. The molecule has 0 aliphatic carbocycles. The van der Waals surface area contributed by atoms with Crippen LogP contribution in [0.3, 0.4) is 0 Å². The van der Waals surface area contributed by atoms with Gasteiger partial charge in [0.05, 0.1) is 18.3 Å². The van der Waals surface area contributed by atoms with E-state index in [4.69, 9.17) is 9.72 Å². The smallest absolute Gasteiger partial charge is 0.407 e. The van der Waals surface area contributed by atoms with Gasteiger partial charge in [0.2, 0.25) is 23.6 Å². The molecule has 18 heteroatoms. The summed E-state index contributed by atoms with van der Waals surface area (Å²) in [6.45, 7) is 15.5. The van der Waals surface area contributed by atoms with Crippen molar-refractivity contribution in [1.82, 2.24) is 35.3 Å². The third kappa shape index (κ3) is 16.0. The van der Waals surface area contributed by atoms with Gasteiger partial charge >= 0.3 is 6.09 Å². The summed E-state index contributed by atoms with van der Waals surface area (Å²) < 4.78 is 36.8. The molecule has 7 amide bonds. The molecule has 0 saturated carbocycles. The van der Waals surface area contributed by atoms with Gasteiger partial charge in [0.15, 0.2) is 0 Å². The van der Waals surface area contributed by atoms with Crippen LogP contribution in [0.25, 0.3) is 11.3 Å². The molecule has 0 fully saturated rings. The Labute approximate surface area is 413 Å². The summed E-state index contributed by atoms with van der Waals surface area (Å²) >= 11 is 0. The highest BCUT2D eigenvalue weighted by atomic mass is 19.1. The normalized spacial score (nSPS) is 13.2. The van der Waals surface area contributed by atoms with Crippen LogP contribution in [0.4, 0.5) is 19.3 Å². The van der Waals surface area contributed by atoms with Crippen molar-refractivity contribution in [3.63, 3.8) is 0 Å². The van der Waals surface area contributed by atoms with Crippen molar-refractivity contribution < 1.29 is 47.1 Å². The fraction of sp³-hybridized carbons (Fsp3) is 0.396. The van der Waals surface area contributed by atoms with Crippen LogP contribution < -0.4 is 21.3 Å². The van der Waals surface area contributed by atoms with E-state index in [-0.39, 0.29) is 85.6 Å². The van der Waals surface area contributed by atoms with Gasteiger partial charge < -0.3 is 35.5 Å². The SMILES string of the molecule is C=C(C)C(=O)N(CCCNC(=O)OCc1ccc(NC(=O)CNC(=O)C(NC(=O)CCCCCN2C(=O)C=CC2=O)C(C)C)cc1)C(c1nc(-c2cc(F)ccc2F)cn1Cc1ccccc1)C(C)(C)C. The number of hydrogen-bond acceptors (Lipinski definition) is 9. The van der Waals surface area contributed by atoms with Crippen LogP contribution in [0, 0.1) is 23.0 Å². The Morgan fingerprint density at radius 2 is 1.54 bits per heavy atom. The predicted molar refractivity (Wildman–Crippen MR) is 264 cm³/mol. The number of benzene rings is 3. The zero-order chi connectivity index (χ0) is 51.8. The number of carbonyl (C=O) groups excluding carboxylic acids is 7. The molecule has 0 saturated heterocycles. The lowest BCUT2D eigenvalue weighted by molar-refractivity contribution is -0.137. The molecule has 16 nitrogen and oxygen atoms in total. The zero-order valence-corrected chi connectivity index (χ0v) is 41.2. The Kier molecular flexibility index (Phi) is 19.5. The number of halogens is 2. The van der Waals surface area contributed by atoms with Gasteiger partial charge in [-0.2, -0.15) is 0 Å². The maximum absolute atomic E-state index is 15.1. The number of aromatic nitrogens is 2. The first kappa shape index (κ1) is 54.4. The molecule has 2 heterocycles. The number of alkyl carbamates (subject to hydrolysis) is 1. The average Bonchev–Trinajstić information content (AvgIpc) is 3.88. The molecule has 4 aromatic rings. The first-order valence-corrected chi connectivity index (χ1v) is 23.6. The van der Waals surface area contributed by atoms with E-state index in [1.54, 1.807) is 56.1 Å². The molecule has 1 aromatic heterocycles. The molecular weight excluding hydrogens is 915 g/mol. The molecule has 0 spiro atoms. The number of rotatable bonds is 24. The molecule has 3 aromatic carbocycles. The van der Waals surface area contributed by atoms with Gasteiger partial charge in [-0.05, 0) is 79.0 Å². The topological polar surface area (TPSA) is 201 Å². The van der Waals surface area contributed by atoms with Gasteiger partial charge in [-0.3, -0.25) is 33.7 Å². The van der Waals surface area contributed by atoms with Gasteiger partial charge in [-0.1, -0.05) is 90.1 Å². The van der Waals surface area contributed by atoms with Gasteiger partial charge in [-0.15, -0.1) is 0 Å². The second-order valence-corrected chi connectivity index (χ2v) is 18.9. The van der Waals surface area contributed by atoms with Crippen LogP contribution in [0.1, 0.15) is 96.6 Å². The molecule has 1 aliphatic rings. The number of imidazole rings is 1. The Morgan fingerprint density at radius 3 is 2.18 bits per heavy atom. The van der Waals surface area contributed by atoms with Crippen LogP contribution in [0.5, 0.6) is 0 Å². The molecule has 2 unspecified atom stereocenters. The fourth-order valence-corrected chi connectivity index (χ4v) is 7.94. The number of imide groups is 1. The van der Waals surface area contributed by atoms with E-state index in [9.17, 15) is 38.0 Å². The molecular formula is C53H64F2N8O8. The van der Waals surface area contributed by atoms with Crippen molar-refractivity contribution in [2.24, 2.45) is 11.3 Å². The summed E-state index contributed by atoms with van der Waals surface area (Å²) in [5.74, 6) is -3.43. The summed E-state index contributed by atoms with van der Waals surface area (Å²) in [5.41, 5.74) is 1.86. The largest absolute Gasteiger partial charge is 0.445 e. The summed E-state index contributed by atoms with van der Waals surface area (Å²) in [4.78, 5) is 96.1. The van der Waals surface area contributed by atoms with E-state index in [2.05, 4.69) is 27.8 Å². The highest BCUT2D eigenvalue weighted by molar-refractivity contribution is 6.12. The number of amides is 7. The van der Waals surface area contributed by atoms with Gasteiger partial charge in [0.25, 0.3) is 11.8 Å². The number of nitrogens with zero attached hydrogens (tertiary/aromatic N) is 4. The number of unbranched alkanes of at least 4 members (excludes halogenated alkanes) is 2. The Balaban J connectivity index is 1.09. The highest BCUT2D eigenvalue weighted by Gasteiger charge is 2.38. The van der Waals surface area contributed by atoms with Crippen molar-refractivity contribution in [2.75, 3.05) is 31.5 Å². The molecule has 378 valence electrons. The van der Waals surface area contributed by atoms with E-state index in [0.717, 1.165) is 28.7 Å². The summed E-state index contributed by atoms with van der Waals surface area (Å²) in [6, 6.07) is 17.8. The maximum Gasteiger partial charge on any atom is 0.407 e. The third-order valence-corrected chi connectivity index (χ3v) is 11.5. The lowest BCUT2D eigenvalue weighted by Gasteiger charge is -2.40. The van der Waals surface area contributed by atoms with Gasteiger partial charge in [0.1, 0.15) is 30.1 Å². The third-order valence-electron chi connectivity index (χ3n) is 11.5. The standard InChI is InChI=1S/C53H64F2N8O8/c1-34(2)47(60-43(64)17-12-9-13-27-62-45(66)24-25-46(62)67)50(68)57-30-44(65)58-39-21-18-37(19-22-39)33-71-52(70)56-26-14-28-63(51(69)35(3)4)48(53(5,6)7)49-59-42(40-29-38(54)20-23-41(40)55)32-61(49)31-36-15-10-8-11-16-36/h8,10-11,15-16,18-25,29,32,34,47-48H,3,9,12-14,17,26-28,30-31,33H2,1-2,4-7H3,(H,56,70)(H,57,68)(H,58,65)(H,60,64). The molecule has 1 aliphatic heterocycles. The number of nitrogens with one attached hydrogen (secondary N) is 4. The molecule has 0 bridgehead atoms. The van der Waals surface area contributed by atoms with Crippen LogP contribution >= 0.6 is 0 Å². The van der Waals surface area contributed by atoms with E-state index in [0.29, 0.717) is 49.3 Å². The van der Waals surface area contributed by atoms with Crippen LogP contribution in [0.15, 0.2) is 103 Å². The van der Waals surface area contributed by atoms with E-state index < -0.39 is 47.0 Å². The minimum Gasteiger partial charge on any atom is -0.445 e. The molecule has 0 radical (unpaired) electrons. The molecule has 4 N–H and O–H groups in total. The maximum atomic E-state index is 15.1. The van der Waals surface area contributed by atoms with Crippen molar-refractivity contribution in [2.45, 2.75) is 98.9 Å². The monoisotopic (exact) mass is 978 g/mol. The van der Waals surface area contributed by atoms with Gasteiger partial charge in [0, 0.05) is 67.8 Å². The predicted octanol–water partition coefficient (Wildman–Crippen LogP) is 7.37. The summed E-state index contributed by atoms with van der Waals surface area (Å²) in [5, 5.41) is 10.7. The van der Waals surface area contributed by atoms with E-state index in [1.165, 1.54) is 12.2 Å². The van der Waals surface area contributed by atoms with Crippen LogP contribution in [0.2, 0.25) is 0 Å². The average molecular weight is 979 g/mol. The lowest BCUT2D eigenvalue weighted by atomic mass is 9.84. The van der Waals surface area contributed by atoms with Crippen molar-refractivity contribution in [3.05, 3.63) is 132 Å². The minimum absolute atomic E-state index is 0.0112. The molecule has 5 rings (SSSR count). The number of carbonyl (C=O) groups is 7. The Morgan fingerprint density at radius 1 is 0.845 bits per heavy atom. The highest BCUT2D eigenvalue weighted by Crippen LogP contribution is 2.40. The van der Waals surface area contributed by atoms with Crippen LogP contribution in [-0.2, 0) is 46.7 Å². The molecule has 71 heavy (non-hydrogen) atoms. The van der Waals surface area contributed by atoms with Gasteiger partial charge in [-0.25, -0.2) is 18.6 Å². The zero-order valence-electron chi connectivity index (χ0n) is 41.2. The Bertz CT molecular complexity index is 2570. The summed E-state index contributed by atoms with van der Waals surface area (Å²) in [6.07, 6.45) is 5.57. The lowest BCUT2D eigenvalue weighted by Crippen LogP contribution is -2.51. The van der Waals surface area contributed by atoms with Crippen molar-refractivity contribution in [1.29, 1.82) is 0 Å². The quantitative estimate of drug-likeness (QED) is 0.0314. The number of ether oxygens (including phenoxy) is 1. The minimum atomic E-state index is -0.871. The fourth-order valence-electron chi connectivity index (χ4n) is 7.94. The van der Waals surface area contributed by atoms with E-state index >= 15 is 4.39 Å². The summed E-state index contributed by atoms with van der Waals surface area (Å²) in [7, 11) is 0. The van der Waals surface area contributed by atoms with E-state index in [1.807, 2.05) is 55.7 Å². The second kappa shape index (κ2) is 25.4. The first-order chi connectivity index (χ1) is 33.7. The second-order valence-electron chi connectivity index (χ2n) is 18.9. The Hall–Kier alpha value is -7.50. The van der Waals surface area contributed by atoms with Crippen molar-refractivity contribution in [3.8, 4) is 11.3 Å². The first-order valence-electron chi connectivity index (χ1n) is 23.6.